The van der Waals surface area contributed by atoms with Crippen molar-refractivity contribution in [3.63, 3.8) is 0 Å². The SMILES string of the molecule is CCC(C)(C)c1ccc(C(N)c2cc(Br)c(Br)s2)cc1. The molecule has 0 saturated carbocycles. The fourth-order valence-corrected chi connectivity index (χ4v) is 4.15. The van der Waals surface area contributed by atoms with Crippen molar-refractivity contribution in [1.29, 1.82) is 0 Å². The van der Waals surface area contributed by atoms with E-state index in [1.807, 2.05) is 0 Å². The first-order valence-electron chi connectivity index (χ1n) is 6.66. The van der Waals surface area contributed by atoms with E-state index in [9.17, 15) is 0 Å². The van der Waals surface area contributed by atoms with Crippen LogP contribution in [0.15, 0.2) is 38.6 Å². The monoisotopic (exact) mass is 415 g/mol. The van der Waals surface area contributed by atoms with Gasteiger partial charge in [-0.2, -0.15) is 0 Å². The fourth-order valence-electron chi connectivity index (χ4n) is 2.03. The van der Waals surface area contributed by atoms with Crippen LogP contribution in [0.4, 0.5) is 0 Å². The van der Waals surface area contributed by atoms with Crippen molar-refractivity contribution in [3.05, 3.63) is 54.6 Å². The van der Waals surface area contributed by atoms with Crippen LogP contribution < -0.4 is 5.73 Å². The number of thiophene rings is 1. The standard InChI is InChI=1S/C16H19Br2NS/c1-4-16(2,3)11-7-5-10(6-8-11)14(19)13-9-12(17)15(18)20-13/h5-9,14H,4,19H2,1-3H3. The lowest BCUT2D eigenvalue weighted by molar-refractivity contribution is 0.506. The van der Waals surface area contributed by atoms with Crippen molar-refractivity contribution < 1.29 is 0 Å². The summed E-state index contributed by atoms with van der Waals surface area (Å²) in [6, 6.07) is 10.7. The molecule has 108 valence electrons. The molecule has 0 radical (unpaired) electrons. The number of nitrogens with two attached hydrogens (primary N) is 1. The van der Waals surface area contributed by atoms with E-state index < -0.39 is 0 Å². The first kappa shape index (κ1) is 16.2. The second kappa shape index (κ2) is 6.30. The van der Waals surface area contributed by atoms with Gasteiger partial charge in [-0.05, 0) is 60.9 Å². The highest BCUT2D eigenvalue weighted by Crippen LogP contribution is 2.37. The molecule has 1 heterocycles. The zero-order valence-corrected chi connectivity index (χ0v) is 15.9. The van der Waals surface area contributed by atoms with E-state index >= 15 is 0 Å². The molecule has 0 aliphatic heterocycles. The summed E-state index contributed by atoms with van der Waals surface area (Å²) in [4.78, 5) is 1.16. The number of benzene rings is 1. The van der Waals surface area contributed by atoms with Gasteiger partial charge in [-0.15, -0.1) is 11.3 Å². The van der Waals surface area contributed by atoms with Gasteiger partial charge in [0.25, 0.3) is 0 Å². The average molecular weight is 417 g/mol. The molecule has 1 aromatic carbocycles. The summed E-state index contributed by atoms with van der Waals surface area (Å²) in [7, 11) is 0. The summed E-state index contributed by atoms with van der Waals surface area (Å²) in [5.74, 6) is 0. The van der Waals surface area contributed by atoms with E-state index in [4.69, 9.17) is 5.73 Å². The second-order valence-corrected chi connectivity index (χ2v) is 8.86. The zero-order chi connectivity index (χ0) is 14.9. The van der Waals surface area contributed by atoms with Crippen molar-refractivity contribution in [2.45, 2.75) is 38.6 Å². The van der Waals surface area contributed by atoms with Gasteiger partial charge in [-0.1, -0.05) is 45.0 Å². The molecule has 2 N–H and O–H groups in total. The molecule has 20 heavy (non-hydrogen) atoms. The Labute approximate surface area is 141 Å². The summed E-state index contributed by atoms with van der Waals surface area (Å²) in [5.41, 5.74) is 9.10. The molecule has 0 amide bonds. The number of rotatable bonds is 4. The third-order valence-electron chi connectivity index (χ3n) is 3.91. The van der Waals surface area contributed by atoms with Crippen LogP contribution in [0, 0.1) is 0 Å². The number of hydrogen-bond acceptors (Lipinski definition) is 2. The van der Waals surface area contributed by atoms with Crippen LogP contribution in [-0.4, -0.2) is 0 Å². The van der Waals surface area contributed by atoms with E-state index in [2.05, 4.69) is 83.0 Å². The molecule has 0 bridgehead atoms. The Kier molecular flexibility index (Phi) is 5.11. The smallest absolute Gasteiger partial charge is 0.0843 e. The van der Waals surface area contributed by atoms with Gasteiger partial charge in [0.05, 0.1) is 9.83 Å². The molecule has 1 unspecified atom stereocenters. The van der Waals surface area contributed by atoms with Gasteiger partial charge < -0.3 is 5.73 Å². The lowest BCUT2D eigenvalue weighted by atomic mass is 9.82. The molecule has 2 aromatic rings. The number of halogens is 2. The molecule has 1 aromatic heterocycles. The fraction of sp³-hybridized carbons (Fsp3) is 0.375. The minimum Gasteiger partial charge on any atom is -0.320 e. The Balaban J connectivity index is 2.26. The molecular formula is C16H19Br2NS. The van der Waals surface area contributed by atoms with Crippen LogP contribution >= 0.6 is 43.2 Å². The van der Waals surface area contributed by atoms with Gasteiger partial charge in [0.2, 0.25) is 0 Å². The molecule has 1 nitrogen and oxygen atoms in total. The summed E-state index contributed by atoms with van der Waals surface area (Å²) in [6.07, 6.45) is 1.13. The predicted octanol–water partition coefficient (Wildman–Crippen LogP) is 6.01. The Morgan fingerprint density at radius 1 is 1.20 bits per heavy atom. The maximum absolute atomic E-state index is 6.36. The maximum Gasteiger partial charge on any atom is 0.0843 e. The molecule has 0 saturated heterocycles. The third kappa shape index (κ3) is 3.35. The predicted molar refractivity (Wildman–Crippen MR) is 95.5 cm³/mol. The van der Waals surface area contributed by atoms with Crippen LogP contribution in [-0.2, 0) is 5.41 Å². The topological polar surface area (TPSA) is 26.0 Å². The van der Waals surface area contributed by atoms with Crippen LogP contribution in [0.2, 0.25) is 0 Å². The average Bonchev–Trinajstić information content (AvgIpc) is 2.78. The Bertz CT molecular complexity index is 568. The summed E-state index contributed by atoms with van der Waals surface area (Å²) < 4.78 is 2.16. The highest BCUT2D eigenvalue weighted by Gasteiger charge is 2.19. The largest absolute Gasteiger partial charge is 0.320 e. The van der Waals surface area contributed by atoms with Crippen molar-refractivity contribution in [2.75, 3.05) is 0 Å². The van der Waals surface area contributed by atoms with Crippen LogP contribution in [0.5, 0.6) is 0 Å². The van der Waals surface area contributed by atoms with Crippen LogP contribution in [0.25, 0.3) is 0 Å². The zero-order valence-electron chi connectivity index (χ0n) is 11.9. The van der Waals surface area contributed by atoms with Gasteiger partial charge in [-0.25, -0.2) is 0 Å². The first-order valence-corrected chi connectivity index (χ1v) is 9.06. The van der Waals surface area contributed by atoms with Crippen LogP contribution in [0.3, 0.4) is 0 Å². The van der Waals surface area contributed by atoms with E-state index in [1.54, 1.807) is 11.3 Å². The summed E-state index contributed by atoms with van der Waals surface area (Å²) >= 11 is 8.71. The molecule has 0 aliphatic rings. The lowest BCUT2D eigenvalue weighted by Gasteiger charge is -2.24. The van der Waals surface area contributed by atoms with Gasteiger partial charge >= 0.3 is 0 Å². The molecule has 0 aliphatic carbocycles. The lowest BCUT2D eigenvalue weighted by Crippen LogP contribution is -2.16. The molecular weight excluding hydrogens is 398 g/mol. The summed E-state index contributed by atoms with van der Waals surface area (Å²) in [5, 5.41) is 0. The molecule has 4 heteroatoms. The van der Waals surface area contributed by atoms with Crippen LogP contribution in [0.1, 0.15) is 49.2 Å². The third-order valence-corrected chi connectivity index (χ3v) is 7.25. The van der Waals surface area contributed by atoms with E-state index in [1.165, 1.54) is 5.56 Å². The minimum absolute atomic E-state index is 0.0682. The highest BCUT2D eigenvalue weighted by molar-refractivity contribution is 9.13. The Morgan fingerprint density at radius 3 is 2.25 bits per heavy atom. The van der Waals surface area contributed by atoms with E-state index in [-0.39, 0.29) is 11.5 Å². The van der Waals surface area contributed by atoms with Gasteiger partial charge in [0, 0.05) is 9.35 Å². The van der Waals surface area contributed by atoms with Crippen molar-refractivity contribution >= 4 is 43.2 Å². The van der Waals surface area contributed by atoms with E-state index in [0.717, 1.165) is 25.1 Å². The maximum atomic E-state index is 6.36. The summed E-state index contributed by atoms with van der Waals surface area (Å²) in [6.45, 7) is 6.77. The van der Waals surface area contributed by atoms with Gasteiger partial charge in [0.1, 0.15) is 0 Å². The second-order valence-electron chi connectivity index (χ2n) is 5.61. The minimum atomic E-state index is -0.0682. The van der Waals surface area contributed by atoms with Crippen molar-refractivity contribution in [2.24, 2.45) is 5.73 Å². The normalized spacial score (nSPS) is 13.5. The Hall–Kier alpha value is -0.160. The Morgan fingerprint density at radius 2 is 1.80 bits per heavy atom. The molecule has 1 atom stereocenters. The molecule has 0 fully saturated rings. The molecule has 2 rings (SSSR count). The van der Waals surface area contributed by atoms with Crippen molar-refractivity contribution in [3.8, 4) is 0 Å². The molecule has 0 spiro atoms. The first-order chi connectivity index (χ1) is 9.35. The van der Waals surface area contributed by atoms with Gasteiger partial charge in [0.15, 0.2) is 0 Å². The number of hydrogen-bond donors (Lipinski definition) is 1. The van der Waals surface area contributed by atoms with Crippen molar-refractivity contribution in [1.82, 2.24) is 0 Å². The van der Waals surface area contributed by atoms with Gasteiger partial charge in [-0.3, -0.25) is 0 Å². The quantitative estimate of drug-likeness (QED) is 0.648. The highest BCUT2D eigenvalue weighted by atomic mass is 79.9. The van der Waals surface area contributed by atoms with E-state index in [0.29, 0.717) is 0 Å².